The first-order valence-electron chi connectivity index (χ1n) is 6.80. The third kappa shape index (κ3) is 4.17. The predicted octanol–water partition coefficient (Wildman–Crippen LogP) is -0.135. The van der Waals surface area contributed by atoms with Crippen molar-refractivity contribution in [1.82, 2.24) is 4.90 Å². The van der Waals surface area contributed by atoms with E-state index in [0.29, 0.717) is 0 Å². The van der Waals surface area contributed by atoms with Gasteiger partial charge in [0.25, 0.3) is 0 Å². The van der Waals surface area contributed by atoms with Crippen LogP contribution in [0.1, 0.15) is 27.2 Å². The van der Waals surface area contributed by atoms with E-state index < -0.39 is 29.9 Å². The van der Waals surface area contributed by atoms with E-state index in [1.807, 2.05) is 0 Å². The molecule has 0 saturated carbocycles. The molecule has 2 aliphatic heterocycles. The minimum atomic E-state index is -5.03. The molecule has 0 aliphatic carbocycles. The minimum Gasteiger partial charge on any atom is -0.448 e. The molecule has 0 bridgehead atoms. The molecule has 2 unspecified atom stereocenters. The number of amides is 1. The molecule has 0 aromatic carbocycles. The van der Waals surface area contributed by atoms with Crippen molar-refractivity contribution in [3.8, 4) is 0 Å². The Morgan fingerprint density at radius 2 is 2.00 bits per heavy atom. The summed E-state index contributed by atoms with van der Waals surface area (Å²) in [5.41, 5.74) is -0.710. The molecule has 2 saturated heterocycles. The number of ether oxygens (including phenoxy) is 2. The van der Waals surface area contributed by atoms with Crippen molar-refractivity contribution >= 4 is 13.1 Å². The number of fused-ring (bicyclic) bond motifs is 1. The van der Waals surface area contributed by atoms with Crippen LogP contribution in [0.5, 0.6) is 0 Å². The second-order valence-corrected chi connectivity index (χ2v) is 6.69. The van der Waals surface area contributed by atoms with Crippen molar-refractivity contribution in [2.75, 3.05) is 26.3 Å². The van der Waals surface area contributed by atoms with Crippen LogP contribution < -0.4 is 51.4 Å². The van der Waals surface area contributed by atoms with Gasteiger partial charge in [-0.15, -0.1) is 0 Å². The quantitative estimate of drug-likeness (QED) is 0.628. The molecule has 0 spiro atoms. The van der Waals surface area contributed by atoms with Crippen LogP contribution >= 0.6 is 0 Å². The van der Waals surface area contributed by atoms with Gasteiger partial charge in [-0.25, -0.2) is 4.79 Å². The number of hydrogen-bond donors (Lipinski definition) is 0. The first kappa shape index (κ1) is 19.8. The smallest absolute Gasteiger partial charge is 0.448 e. The van der Waals surface area contributed by atoms with Gasteiger partial charge < -0.3 is 27.3 Å². The summed E-state index contributed by atoms with van der Waals surface area (Å²) in [6, 6.07) is 0. The van der Waals surface area contributed by atoms with Gasteiger partial charge in [-0.1, -0.05) is 0 Å². The number of carbonyl (C=O) groups is 1. The van der Waals surface area contributed by atoms with Crippen LogP contribution in [0.15, 0.2) is 0 Å². The van der Waals surface area contributed by atoms with Gasteiger partial charge in [0.15, 0.2) is 0 Å². The van der Waals surface area contributed by atoms with E-state index >= 15 is 0 Å². The molecule has 4 nitrogen and oxygen atoms in total. The second-order valence-electron chi connectivity index (χ2n) is 6.69. The van der Waals surface area contributed by atoms with Crippen LogP contribution in [0.4, 0.5) is 17.7 Å². The molecule has 2 heterocycles. The molecule has 0 aromatic rings. The topological polar surface area (TPSA) is 38.8 Å². The average molecular weight is 333 g/mol. The van der Waals surface area contributed by atoms with Gasteiger partial charge in [-0.05, 0) is 38.4 Å². The second kappa shape index (κ2) is 6.68. The fourth-order valence-corrected chi connectivity index (χ4v) is 2.99. The number of rotatable bonds is 1. The molecule has 0 N–H and O–H groups in total. The van der Waals surface area contributed by atoms with Crippen molar-refractivity contribution in [3.05, 3.63) is 0 Å². The normalized spacial score (nSPS) is 29.6. The molecular weight excluding hydrogens is 313 g/mol. The number of nitrogens with zero attached hydrogens (tertiary/aromatic N) is 1. The Balaban J connectivity index is 0.00000220. The summed E-state index contributed by atoms with van der Waals surface area (Å²) in [6.45, 7) is -0.0476. The van der Waals surface area contributed by atoms with Gasteiger partial charge in [0, 0.05) is 26.3 Å². The van der Waals surface area contributed by atoms with Gasteiger partial charge >= 0.3 is 64.5 Å². The molecule has 9 heteroatoms. The fraction of sp³-hybridized carbons (Fsp3) is 0.917. The van der Waals surface area contributed by atoms with Crippen LogP contribution in [0, 0.1) is 5.92 Å². The summed E-state index contributed by atoms with van der Waals surface area (Å²) in [4.78, 5) is 13.2. The Labute approximate surface area is 165 Å². The number of likely N-dealkylation sites (tertiary alicyclic amines) is 1. The minimum absolute atomic E-state index is 0. The van der Waals surface area contributed by atoms with E-state index in [1.165, 1.54) is 4.90 Å². The summed E-state index contributed by atoms with van der Waals surface area (Å²) in [6.07, 6.45) is -0.744. The molecule has 0 radical (unpaired) electrons. The maximum absolute atomic E-state index is 13.5. The van der Waals surface area contributed by atoms with Gasteiger partial charge in [-0.2, -0.15) is 0 Å². The standard InChI is InChI=1S/C12H20BF3NO3.K/c1-11(2,3)20-10(18)17-6-9-7-19-5-4-12(9,8-17)13(14,15)16;/h9H,4-8H2,1-3H3;/q-1;+1. The SMILES string of the molecule is CC(C)(C)OC(=O)N1CC2COCCC2([B-](F)(F)F)C1.[K+]. The van der Waals surface area contributed by atoms with Gasteiger partial charge in [-0.3, -0.25) is 0 Å². The zero-order valence-electron chi connectivity index (χ0n) is 13.0. The molecule has 21 heavy (non-hydrogen) atoms. The fourth-order valence-electron chi connectivity index (χ4n) is 2.99. The zero-order valence-corrected chi connectivity index (χ0v) is 16.1. The van der Waals surface area contributed by atoms with Gasteiger partial charge in [0.2, 0.25) is 0 Å². The van der Waals surface area contributed by atoms with Crippen LogP contribution in [-0.4, -0.2) is 49.9 Å². The monoisotopic (exact) mass is 333 g/mol. The van der Waals surface area contributed by atoms with Crippen molar-refractivity contribution in [3.63, 3.8) is 0 Å². The molecule has 2 fully saturated rings. The van der Waals surface area contributed by atoms with Crippen molar-refractivity contribution < 1.29 is 78.6 Å². The molecule has 2 atom stereocenters. The van der Waals surface area contributed by atoms with E-state index in [4.69, 9.17) is 9.47 Å². The van der Waals surface area contributed by atoms with E-state index in [1.54, 1.807) is 20.8 Å². The largest absolute Gasteiger partial charge is 1.00 e. The van der Waals surface area contributed by atoms with E-state index in [9.17, 15) is 17.7 Å². The summed E-state index contributed by atoms with van der Waals surface area (Å²) < 4.78 is 50.8. The van der Waals surface area contributed by atoms with Crippen molar-refractivity contribution in [1.29, 1.82) is 0 Å². The zero-order chi connectivity index (χ0) is 15.2. The average Bonchev–Trinajstić information content (AvgIpc) is 2.66. The molecule has 2 rings (SSSR count). The van der Waals surface area contributed by atoms with Crippen LogP contribution in [0.3, 0.4) is 0 Å². The first-order chi connectivity index (χ1) is 9.05. The third-order valence-electron chi connectivity index (χ3n) is 4.07. The van der Waals surface area contributed by atoms with E-state index in [0.717, 1.165) is 0 Å². The maximum atomic E-state index is 13.5. The molecule has 0 aromatic heterocycles. The third-order valence-corrected chi connectivity index (χ3v) is 4.07. The molecular formula is C12H20BF3KNO3. The van der Waals surface area contributed by atoms with E-state index in [2.05, 4.69) is 0 Å². The predicted molar refractivity (Wildman–Crippen MR) is 68.5 cm³/mol. The van der Waals surface area contributed by atoms with Crippen LogP contribution in [0.2, 0.25) is 5.31 Å². The molecule has 2 aliphatic rings. The van der Waals surface area contributed by atoms with Crippen LogP contribution in [0.25, 0.3) is 0 Å². The Kier molecular flexibility index (Phi) is 6.29. The van der Waals surface area contributed by atoms with Crippen LogP contribution in [-0.2, 0) is 9.47 Å². The first-order valence-corrected chi connectivity index (χ1v) is 6.80. The summed E-state index contributed by atoms with van der Waals surface area (Å²) >= 11 is 0. The Bertz CT molecular complexity index is 402. The van der Waals surface area contributed by atoms with Gasteiger partial charge in [0.05, 0.1) is 0 Å². The number of hydrogen-bond acceptors (Lipinski definition) is 3. The summed E-state index contributed by atoms with van der Waals surface area (Å²) in [5.74, 6) is -0.677. The Hall–Kier alpha value is 0.721. The van der Waals surface area contributed by atoms with Crippen molar-refractivity contribution in [2.45, 2.75) is 38.1 Å². The number of halogens is 3. The summed E-state index contributed by atoms with van der Waals surface area (Å²) in [7, 11) is 0. The molecule has 116 valence electrons. The number of carbonyl (C=O) groups excluding carboxylic acids is 1. The van der Waals surface area contributed by atoms with Gasteiger partial charge in [0.1, 0.15) is 5.60 Å². The summed E-state index contributed by atoms with van der Waals surface area (Å²) in [5, 5.41) is -1.78. The maximum Gasteiger partial charge on any atom is 1.00 e. The van der Waals surface area contributed by atoms with E-state index in [-0.39, 0.29) is 84.1 Å². The Morgan fingerprint density at radius 3 is 2.48 bits per heavy atom. The molecule has 1 amide bonds. The Morgan fingerprint density at radius 1 is 1.38 bits per heavy atom. The van der Waals surface area contributed by atoms with Crippen molar-refractivity contribution in [2.24, 2.45) is 5.92 Å².